The highest BCUT2D eigenvalue weighted by Crippen LogP contribution is 2.30. The zero-order valence-corrected chi connectivity index (χ0v) is 15.8. The molecule has 1 unspecified atom stereocenters. The maximum atomic E-state index is 12.1. The average molecular weight is 390 g/mol. The van der Waals surface area contributed by atoms with Crippen molar-refractivity contribution in [2.45, 2.75) is 18.9 Å². The molecule has 0 aliphatic carbocycles. The molecule has 2 amide bonds. The van der Waals surface area contributed by atoms with Gasteiger partial charge in [-0.1, -0.05) is 12.1 Å². The van der Waals surface area contributed by atoms with Gasteiger partial charge in [0, 0.05) is 23.5 Å². The number of anilines is 1. The van der Waals surface area contributed by atoms with Crippen molar-refractivity contribution >= 4 is 28.5 Å². The largest absolute Gasteiger partial charge is 0.366 e. The van der Waals surface area contributed by atoms with E-state index in [0.29, 0.717) is 22.5 Å². The van der Waals surface area contributed by atoms with E-state index in [1.807, 2.05) is 6.07 Å². The Kier molecular flexibility index (Phi) is 5.09. The lowest BCUT2D eigenvalue weighted by Crippen LogP contribution is -2.38. The topological polar surface area (TPSA) is 136 Å². The molecule has 0 saturated carbocycles. The number of carbonyl (C=O) groups is 2. The second-order valence-electron chi connectivity index (χ2n) is 7.14. The number of nitrogens with one attached hydrogen (secondary N) is 2. The molecule has 1 aliphatic heterocycles. The van der Waals surface area contributed by atoms with Gasteiger partial charge in [0.15, 0.2) is 0 Å². The molecule has 2 heterocycles. The summed E-state index contributed by atoms with van der Waals surface area (Å²) < 4.78 is 0. The third-order valence-corrected chi connectivity index (χ3v) is 5.14. The summed E-state index contributed by atoms with van der Waals surface area (Å²) in [6.07, 6.45) is 3.56. The summed E-state index contributed by atoms with van der Waals surface area (Å²) in [6.45, 7) is 1.86. The quantitative estimate of drug-likeness (QED) is 0.523. The molecule has 8 heteroatoms. The normalized spacial score (nSPS) is 16.5. The Morgan fingerprint density at radius 3 is 2.48 bits per heavy atom. The molecule has 0 spiro atoms. The summed E-state index contributed by atoms with van der Waals surface area (Å²) in [4.78, 5) is 32.2. The van der Waals surface area contributed by atoms with E-state index in [4.69, 9.17) is 11.5 Å². The molecule has 148 valence electrons. The van der Waals surface area contributed by atoms with Crippen LogP contribution < -0.4 is 22.1 Å². The Morgan fingerprint density at radius 1 is 1.03 bits per heavy atom. The van der Waals surface area contributed by atoms with Crippen LogP contribution >= 0.6 is 0 Å². The van der Waals surface area contributed by atoms with Gasteiger partial charge < -0.3 is 22.1 Å². The van der Waals surface area contributed by atoms with Crippen molar-refractivity contribution in [1.82, 2.24) is 15.3 Å². The minimum Gasteiger partial charge on any atom is -0.366 e. The van der Waals surface area contributed by atoms with Crippen LogP contribution in [0.2, 0.25) is 0 Å². The fourth-order valence-corrected chi connectivity index (χ4v) is 3.63. The summed E-state index contributed by atoms with van der Waals surface area (Å²) >= 11 is 0. The molecule has 6 N–H and O–H groups in total. The fraction of sp³-hybridized carbons (Fsp3) is 0.238. The molecule has 2 aromatic carbocycles. The van der Waals surface area contributed by atoms with Crippen molar-refractivity contribution in [1.29, 1.82) is 0 Å². The fourth-order valence-electron chi connectivity index (χ4n) is 3.63. The number of benzene rings is 2. The molecule has 3 aromatic rings. The molecule has 1 atom stereocenters. The molecule has 1 saturated heterocycles. The van der Waals surface area contributed by atoms with Gasteiger partial charge >= 0.3 is 0 Å². The van der Waals surface area contributed by atoms with Crippen LogP contribution in [0.4, 0.5) is 5.82 Å². The molecule has 1 fully saturated rings. The molecule has 29 heavy (non-hydrogen) atoms. The lowest BCUT2D eigenvalue weighted by atomic mass is 9.98. The van der Waals surface area contributed by atoms with Gasteiger partial charge in [-0.15, -0.1) is 0 Å². The number of nitrogens with zero attached hydrogens (tertiary/aromatic N) is 2. The summed E-state index contributed by atoms with van der Waals surface area (Å²) in [5.41, 5.74) is 13.8. The SMILES string of the molecule is NC(=O)c1ccc(-c2cc(C(N)=O)c3ncnc(NC4CCCNC4)c3c2)cc1. The number of hydrogen-bond donors (Lipinski definition) is 4. The van der Waals surface area contributed by atoms with E-state index in [1.165, 1.54) is 6.33 Å². The number of nitrogens with two attached hydrogens (primary N) is 2. The molecular formula is C21H22N6O2. The van der Waals surface area contributed by atoms with Crippen LogP contribution in [0.3, 0.4) is 0 Å². The molecule has 1 aromatic heterocycles. The van der Waals surface area contributed by atoms with Crippen LogP contribution in [0.5, 0.6) is 0 Å². The minimum atomic E-state index is -0.561. The minimum absolute atomic E-state index is 0.248. The Morgan fingerprint density at radius 2 is 1.83 bits per heavy atom. The number of aromatic nitrogens is 2. The summed E-state index contributed by atoms with van der Waals surface area (Å²) in [7, 11) is 0. The number of hydrogen-bond acceptors (Lipinski definition) is 6. The van der Waals surface area contributed by atoms with E-state index in [-0.39, 0.29) is 6.04 Å². The van der Waals surface area contributed by atoms with Crippen LogP contribution in [-0.4, -0.2) is 40.9 Å². The summed E-state index contributed by atoms with van der Waals surface area (Å²) in [5, 5.41) is 7.56. The maximum Gasteiger partial charge on any atom is 0.250 e. The van der Waals surface area contributed by atoms with Crippen molar-refractivity contribution in [3.8, 4) is 11.1 Å². The van der Waals surface area contributed by atoms with Gasteiger partial charge in [0.1, 0.15) is 12.1 Å². The number of primary amides is 2. The number of fused-ring (bicyclic) bond motifs is 1. The van der Waals surface area contributed by atoms with Crippen molar-refractivity contribution in [3.63, 3.8) is 0 Å². The first kappa shape index (κ1) is 18.8. The van der Waals surface area contributed by atoms with Crippen LogP contribution in [0.1, 0.15) is 33.6 Å². The molecule has 0 bridgehead atoms. The van der Waals surface area contributed by atoms with E-state index in [2.05, 4.69) is 20.6 Å². The smallest absolute Gasteiger partial charge is 0.250 e. The first-order valence-corrected chi connectivity index (χ1v) is 9.49. The zero-order valence-electron chi connectivity index (χ0n) is 15.8. The third-order valence-electron chi connectivity index (χ3n) is 5.14. The molecular weight excluding hydrogens is 368 g/mol. The average Bonchev–Trinajstić information content (AvgIpc) is 2.74. The monoisotopic (exact) mass is 390 g/mol. The highest BCUT2D eigenvalue weighted by Gasteiger charge is 2.18. The lowest BCUT2D eigenvalue weighted by Gasteiger charge is -2.25. The standard InChI is InChI=1S/C21H22N6O2/c22-19(28)13-5-3-12(4-6-13)14-8-16(20(23)29)18-17(9-14)21(26-11-25-18)27-15-2-1-7-24-10-15/h3-6,8-9,11,15,24H,1-2,7,10H2,(H2,22,28)(H2,23,29)(H,25,26,27). The molecule has 4 rings (SSSR count). The first-order valence-electron chi connectivity index (χ1n) is 9.49. The van der Waals surface area contributed by atoms with E-state index < -0.39 is 11.8 Å². The van der Waals surface area contributed by atoms with Gasteiger partial charge in [0.05, 0.1) is 11.1 Å². The van der Waals surface area contributed by atoms with Gasteiger partial charge in [0.2, 0.25) is 5.91 Å². The van der Waals surface area contributed by atoms with Crippen LogP contribution in [0, 0.1) is 0 Å². The van der Waals surface area contributed by atoms with Crippen molar-refractivity contribution in [2.75, 3.05) is 18.4 Å². The number of amides is 2. The Balaban J connectivity index is 1.82. The highest BCUT2D eigenvalue weighted by molar-refractivity contribution is 6.09. The predicted octanol–water partition coefficient (Wildman–Crippen LogP) is 1.66. The van der Waals surface area contributed by atoms with E-state index in [0.717, 1.165) is 42.4 Å². The molecule has 1 aliphatic rings. The Hall–Kier alpha value is -3.52. The Bertz CT molecular complexity index is 1070. The molecule has 8 nitrogen and oxygen atoms in total. The summed E-state index contributed by atoms with van der Waals surface area (Å²) in [6, 6.07) is 10.8. The van der Waals surface area contributed by atoms with Crippen molar-refractivity contribution in [3.05, 3.63) is 53.9 Å². The summed E-state index contributed by atoms with van der Waals surface area (Å²) in [5.74, 6) is -0.384. The van der Waals surface area contributed by atoms with Gasteiger partial charge in [-0.3, -0.25) is 9.59 Å². The van der Waals surface area contributed by atoms with Crippen LogP contribution in [0.25, 0.3) is 22.0 Å². The molecule has 0 radical (unpaired) electrons. The number of rotatable bonds is 5. The van der Waals surface area contributed by atoms with Gasteiger partial charge in [-0.05, 0) is 54.8 Å². The second-order valence-corrected chi connectivity index (χ2v) is 7.14. The number of piperidine rings is 1. The predicted molar refractivity (Wildman–Crippen MR) is 112 cm³/mol. The first-order chi connectivity index (χ1) is 14.0. The van der Waals surface area contributed by atoms with Gasteiger partial charge in [0.25, 0.3) is 5.91 Å². The van der Waals surface area contributed by atoms with E-state index in [9.17, 15) is 9.59 Å². The van der Waals surface area contributed by atoms with Crippen LogP contribution in [0.15, 0.2) is 42.7 Å². The van der Waals surface area contributed by atoms with E-state index >= 15 is 0 Å². The van der Waals surface area contributed by atoms with Gasteiger partial charge in [-0.2, -0.15) is 0 Å². The van der Waals surface area contributed by atoms with E-state index in [1.54, 1.807) is 30.3 Å². The zero-order chi connectivity index (χ0) is 20.4. The van der Waals surface area contributed by atoms with Crippen LogP contribution in [-0.2, 0) is 0 Å². The third kappa shape index (κ3) is 3.88. The lowest BCUT2D eigenvalue weighted by molar-refractivity contribution is 0.0992. The Labute approximate surface area is 167 Å². The highest BCUT2D eigenvalue weighted by atomic mass is 16.1. The van der Waals surface area contributed by atoms with Crippen molar-refractivity contribution in [2.24, 2.45) is 11.5 Å². The maximum absolute atomic E-state index is 12.1. The second kappa shape index (κ2) is 7.84. The van der Waals surface area contributed by atoms with Gasteiger partial charge in [-0.25, -0.2) is 9.97 Å². The van der Waals surface area contributed by atoms with Crippen molar-refractivity contribution < 1.29 is 9.59 Å². The number of carbonyl (C=O) groups excluding carboxylic acids is 2.